The van der Waals surface area contributed by atoms with Crippen molar-refractivity contribution in [3.05, 3.63) is 100 Å². The fourth-order valence-corrected chi connectivity index (χ4v) is 8.07. The predicted octanol–water partition coefficient (Wildman–Crippen LogP) is 4.58. The number of rotatable bonds is 18. The zero-order valence-corrected chi connectivity index (χ0v) is 31.8. The van der Waals surface area contributed by atoms with Crippen molar-refractivity contribution in [2.75, 3.05) is 33.3 Å². The third kappa shape index (κ3) is 10.7. The molecule has 0 aliphatic carbocycles. The highest BCUT2D eigenvalue weighted by Crippen LogP contribution is 2.29. The van der Waals surface area contributed by atoms with Crippen LogP contribution < -0.4 is 5.32 Å². The zero-order valence-electron chi connectivity index (χ0n) is 30.9. The molecular formula is C38H52N6O7S. The van der Waals surface area contributed by atoms with Gasteiger partial charge in [0.25, 0.3) is 0 Å². The maximum absolute atomic E-state index is 14.4. The topological polar surface area (TPSA) is 162 Å². The van der Waals surface area contributed by atoms with Gasteiger partial charge in [0, 0.05) is 33.3 Å². The van der Waals surface area contributed by atoms with E-state index in [1.807, 2.05) is 83.1 Å². The van der Waals surface area contributed by atoms with E-state index >= 15 is 0 Å². The number of sulfonamides is 1. The number of aliphatic hydroxyl groups is 1. The number of urea groups is 1. The largest absolute Gasteiger partial charge is 0.390 e. The van der Waals surface area contributed by atoms with Crippen molar-refractivity contribution in [2.45, 2.75) is 83.8 Å². The minimum absolute atomic E-state index is 0.0177. The number of carbonyl (C=O) groups excluding carboxylic acids is 2. The summed E-state index contributed by atoms with van der Waals surface area (Å²) in [5.41, 5.74) is 2.19. The van der Waals surface area contributed by atoms with Gasteiger partial charge in [-0.1, -0.05) is 88.3 Å². The van der Waals surface area contributed by atoms with Crippen LogP contribution in [0.1, 0.15) is 57.1 Å². The van der Waals surface area contributed by atoms with Gasteiger partial charge in [0.05, 0.1) is 41.6 Å². The standard InChI is InChI=1S/C38H52N6O7S/c1-27(2)23-43(52(49,50)32-17-15-29(16-18-32)22-39-48)25-34(45)33(21-28-11-8-7-9-12-28)41-36(46)35(38(3,4)5)44-20-19-42(37(44)47)24-30-13-10-14-31(40-30)26-51-6/h7-18,27,33-35,45H,19-26H2,1-6H3,(H,41,46)/t33-,34+,35+/m0/s1. The molecule has 3 atom stereocenters. The fraction of sp³-hybridized carbons (Fsp3) is 0.500. The second-order valence-electron chi connectivity index (χ2n) is 14.7. The zero-order chi connectivity index (χ0) is 38.1. The quantitative estimate of drug-likeness (QED) is 0.180. The van der Waals surface area contributed by atoms with E-state index in [0.717, 1.165) is 11.3 Å². The lowest BCUT2D eigenvalue weighted by Gasteiger charge is -2.38. The number of aromatic nitrogens is 1. The van der Waals surface area contributed by atoms with Crippen LogP contribution in [-0.2, 0) is 45.7 Å². The fourth-order valence-electron chi connectivity index (χ4n) is 6.45. The number of nitroso groups, excluding NO2 is 1. The molecule has 1 aliphatic heterocycles. The third-order valence-electron chi connectivity index (χ3n) is 8.88. The summed E-state index contributed by atoms with van der Waals surface area (Å²) in [7, 11) is -2.48. The molecule has 1 aliphatic rings. The first-order valence-corrected chi connectivity index (χ1v) is 19.0. The Bertz CT molecular complexity index is 1750. The van der Waals surface area contributed by atoms with Crippen molar-refractivity contribution in [3.8, 4) is 0 Å². The first-order valence-electron chi connectivity index (χ1n) is 17.5. The van der Waals surface area contributed by atoms with Gasteiger partial charge in [-0.3, -0.25) is 9.78 Å². The van der Waals surface area contributed by atoms with Crippen LogP contribution in [0.3, 0.4) is 0 Å². The molecule has 4 rings (SSSR count). The van der Waals surface area contributed by atoms with Gasteiger partial charge in [-0.05, 0) is 53.1 Å². The minimum atomic E-state index is -4.07. The average molecular weight is 737 g/mol. The molecule has 1 saturated heterocycles. The van der Waals surface area contributed by atoms with Crippen molar-refractivity contribution in [1.29, 1.82) is 0 Å². The van der Waals surface area contributed by atoms with E-state index in [9.17, 15) is 28.0 Å². The monoisotopic (exact) mass is 736 g/mol. The number of carbonyl (C=O) groups is 2. The Balaban J connectivity index is 1.59. The lowest BCUT2D eigenvalue weighted by molar-refractivity contribution is -0.130. The van der Waals surface area contributed by atoms with Crippen LogP contribution in [0.4, 0.5) is 4.79 Å². The second-order valence-corrected chi connectivity index (χ2v) is 16.7. The Kier molecular flexibility index (Phi) is 14.0. The van der Waals surface area contributed by atoms with Gasteiger partial charge in [-0.15, -0.1) is 0 Å². The summed E-state index contributed by atoms with van der Waals surface area (Å²) < 4.78 is 34.3. The van der Waals surface area contributed by atoms with Gasteiger partial charge in [0.1, 0.15) is 12.6 Å². The predicted molar refractivity (Wildman–Crippen MR) is 198 cm³/mol. The summed E-state index contributed by atoms with van der Waals surface area (Å²) in [6, 6.07) is 18.8. The van der Waals surface area contributed by atoms with Crippen molar-refractivity contribution in [2.24, 2.45) is 16.5 Å². The maximum Gasteiger partial charge on any atom is 0.321 e. The number of ether oxygens (including phenoxy) is 1. The molecule has 3 amide bonds. The molecule has 0 bridgehead atoms. The molecule has 14 heteroatoms. The van der Waals surface area contributed by atoms with Gasteiger partial charge in [-0.2, -0.15) is 9.21 Å². The number of aliphatic hydroxyl groups excluding tert-OH is 1. The van der Waals surface area contributed by atoms with Crippen molar-refractivity contribution < 1.29 is 27.9 Å². The molecule has 2 heterocycles. The van der Waals surface area contributed by atoms with Gasteiger partial charge >= 0.3 is 6.03 Å². The van der Waals surface area contributed by atoms with Gasteiger partial charge < -0.3 is 25.0 Å². The molecule has 2 aromatic carbocycles. The number of nitrogens with zero attached hydrogens (tertiary/aromatic N) is 5. The Morgan fingerprint density at radius 1 is 0.981 bits per heavy atom. The number of hydrogen-bond acceptors (Lipinski definition) is 9. The lowest BCUT2D eigenvalue weighted by atomic mass is 9.84. The first-order chi connectivity index (χ1) is 24.6. The number of hydrogen-bond donors (Lipinski definition) is 2. The molecule has 52 heavy (non-hydrogen) atoms. The summed E-state index contributed by atoms with van der Waals surface area (Å²) in [5.74, 6) is -0.518. The number of methoxy groups -OCH3 is 1. The van der Waals surface area contributed by atoms with Crippen LogP contribution in [0.15, 0.2) is 82.9 Å². The Morgan fingerprint density at radius 2 is 1.65 bits per heavy atom. The molecule has 1 fully saturated rings. The molecule has 0 spiro atoms. The summed E-state index contributed by atoms with van der Waals surface area (Å²) in [6.07, 6.45) is -1.09. The van der Waals surface area contributed by atoms with E-state index in [-0.39, 0.29) is 49.4 Å². The number of nitrogens with one attached hydrogen (secondary N) is 1. The second kappa shape index (κ2) is 18.0. The minimum Gasteiger partial charge on any atom is -0.390 e. The summed E-state index contributed by atoms with van der Waals surface area (Å²) in [6.45, 7) is 10.5. The highest BCUT2D eigenvalue weighted by atomic mass is 32.2. The SMILES string of the molecule is COCc1cccc(CN2CCN([C@H](C(=O)N[C@@H](Cc3ccccc3)[C@H](O)CN(CC(C)C)S(=O)(=O)c3ccc(CN=O)cc3)C(C)(C)C)C2=O)n1. The van der Waals surface area contributed by atoms with Crippen molar-refractivity contribution >= 4 is 22.0 Å². The normalized spacial score (nSPS) is 15.6. The van der Waals surface area contributed by atoms with E-state index in [1.165, 1.54) is 16.4 Å². The van der Waals surface area contributed by atoms with Gasteiger partial charge in [0.2, 0.25) is 15.9 Å². The van der Waals surface area contributed by atoms with Crippen LogP contribution in [-0.4, -0.2) is 96.0 Å². The molecular weight excluding hydrogens is 685 g/mol. The molecule has 0 saturated carbocycles. The van der Waals surface area contributed by atoms with Crippen LogP contribution in [0, 0.1) is 16.2 Å². The van der Waals surface area contributed by atoms with E-state index < -0.39 is 39.5 Å². The van der Waals surface area contributed by atoms with Crippen LogP contribution in [0.2, 0.25) is 0 Å². The number of benzene rings is 2. The van der Waals surface area contributed by atoms with Crippen molar-refractivity contribution in [1.82, 2.24) is 24.4 Å². The van der Waals surface area contributed by atoms with E-state index in [1.54, 1.807) is 29.0 Å². The smallest absolute Gasteiger partial charge is 0.321 e. The molecule has 0 radical (unpaired) electrons. The Labute approximate surface area is 307 Å². The van der Waals surface area contributed by atoms with Gasteiger partial charge in [-0.25, -0.2) is 13.2 Å². The molecule has 1 aromatic heterocycles. The maximum atomic E-state index is 14.4. The van der Waals surface area contributed by atoms with E-state index in [0.29, 0.717) is 31.0 Å². The van der Waals surface area contributed by atoms with Gasteiger partial charge in [0.15, 0.2) is 0 Å². The Morgan fingerprint density at radius 3 is 2.27 bits per heavy atom. The highest BCUT2D eigenvalue weighted by Gasteiger charge is 2.44. The molecule has 2 N–H and O–H groups in total. The number of pyridine rings is 1. The first kappa shape index (κ1) is 40.5. The molecule has 282 valence electrons. The van der Waals surface area contributed by atoms with Crippen LogP contribution in [0.25, 0.3) is 0 Å². The van der Waals surface area contributed by atoms with Crippen molar-refractivity contribution in [3.63, 3.8) is 0 Å². The third-order valence-corrected chi connectivity index (χ3v) is 10.7. The molecule has 3 aromatic rings. The summed E-state index contributed by atoms with van der Waals surface area (Å²) in [4.78, 5) is 46.8. The van der Waals surface area contributed by atoms with E-state index in [2.05, 4.69) is 15.5 Å². The molecule has 0 unspecified atom stereocenters. The van der Waals surface area contributed by atoms with E-state index in [4.69, 9.17) is 4.74 Å². The Hall–Kier alpha value is -4.24. The highest BCUT2D eigenvalue weighted by molar-refractivity contribution is 7.89. The van der Waals surface area contributed by atoms with Crippen LogP contribution >= 0.6 is 0 Å². The number of amides is 3. The van der Waals surface area contributed by atoms with Crippen LogP contribution in [0.5, 0.6) is 0 Å². The lowest BCUT2D eigenvalue weighted by Crippen LogP contribution is -2.59. The average Bonchev–Trinajstić information content (AvgIpc) is 3.42. The summed E-state index contributed by atoms with van der Waals surface area (Å²) >= 11 is 0. The summed E-state index contributed by atoms with van der Waals surface area (Å²) in [5, 5.41) is 17.7. The molecule has 13 nitrogen and oxygen atoms in total.